The summed E-state index contributed by atoms with van der Waals surface area (Å²) in [6.07, 6.45) is -2.62. The molecule has 1 spiro atoms. The van der Waals surface area contributed by atoms with Gasteiger partial charge >= 0.3 is 6.18 Å². The fourth-order valence-electron chi connectivity index (χ4n) is 4.61. The summed E-state index contributed by atoms with van der Waals surface area (Å²) < 4.78 is 71.4. The third kappa shape index (κ3) is 3.46. The molecule has 0 bridgehead atoms. The van der Waals surface area contributed by atoms with Crippen LogP contribution >= 0.6 is 0 Å². The smallest absolute Gasteiger partial charge is 0.381 e. The van der Waals surface area contributed by atoms with Crippen LogP contribution in [0.3, 0.4) is 0 Å². The Bertz CT molecular complexity index is 847. The first-order chi connectivity index (χ1) is 12.9. The average molecular weight is 422 g/mol. The van der Waals surface area contributed by atoms with Crippen molar-refractivity contribution in [2.45, 2.75) is 31.0 Å². The number of hydrogen-bond acceptors (Lipinski definition) is 5. The molecule has 3 aliphatic rings. The number of aromatic nitrogens is 2. The van der Waals surface area contributed by atoms with E-state index in [0.29, 0.717) is 19.2 Å². The van der Waals surface area contributed by atoms with E-state index in [1.54, 1.807) is 0 Å². The van der Waals surface area contributed by atoms with Gasteiger partial charge in [0.15, 0.2) is 10.7 Å². The molecule has 11 heteroatoms. The van der Waals surface area contributed by atoms with Crippen molar-refractivity contribution in [3.05, 3.63) is 11.8 Å². The second kappa shape index (κ2) is 6.41. The Balaban J connectivity index is 1.36. The predicted octanol–water partition coefficient (Wildman–Crippen LogP) is 1.56. The van der Waals surface area contributed by atoms with Crippen molar-refractivity contribution in [2.75, 3.05) is 45.9 Å². The predicted molar refractivity (Wildman–Crippen MR) is 94.0 cm³/mol. The lowest BCUT2D eigenvalue weighted by atomic mass is 9.72. The lowest BCUT2D eigenvalue weighted by molar-refractivity contribution is -0.141. The van der Waals surface area contributed by atoms with E-state index in [1.807, 2.05) is 0 Å². The van der Waals surface area contributed by atoms with Crippen molar-refractivity contribution < 1.29 is 26.3 Å². The van der Waals surface area contributed by atoms with E-state index in [1.165, 1.54) is 11.4 Å². The van der Waals surface area contributed by atoms with Crippen LogP contribution in [0.1, 0.15) is 25.5 Å². The summed E-state index contributed by atoms with van der Waals surface area (Å²) in [6, 6.07) is 0.611. The minimum atomic E-state index is -4.67. The standard InChI is InChI=1S/C17H25F3N4O3S/c1-15(3-5-27-6-4-15)8-23-9-16(10-23)11-24(12-16)28(25,26)14-7-13(17(18,19)20)21-22(14)2/h7H,3-6,8-12H2,1-2H3. The minimum Gasteiger partial charge on any atom is -0.381 e. The zero-order valence-electron chi connectivity index (χ0n) is 16.0. The quantitative estimate of drug-likeness (QED) is 0.737. The highest BCUT2D eigenvalue weighted by Crippen LogP contribution is 2.44. The van der Waals surface area contributed by atoms with E-state index in [2.05, 4.69) is 16.9 Å². The van der Waals surface area contributed by atoms with Gasteiger partial charge in [0.25, 0.3) is 10.0 Å². The molecular weight excluding hydrogens is 397 g/mol. The van der Waals surface area contributed by atoms with Crippen LogP contribution in [0.15, 0.2) is 11.1 Å². The van der Waals surface area contributed by atoms with Gasteiger partial charge in [-0.15, -0.1) is 0 Å². The monoisotopic (exact) mass is 422 g/mol. The zero-order chi connectivity index (χ0) is 20.4. The number of aryl methyl sites for hydroxylation is 1. The van der Waals surface area contributed by atoms with E-state index in [-0.39, 0.29) is 10.8 Å². The van der Waals surface area contributed by atoms with Gasteiger partial charge in [0, 0.05) is 64.5 Å². The van der Waals surface area contributed by atoms with Crippen LogP contribution in [0.5, 0.6) is 0 Å². The Kier molecular flexibility index (Phi) is 4.61. The third-order valence-electron chi connectivity index (χ3n) is 6.18. The molecule has 1 aromatic heterocycles. The number of rotatable bonds is 4. The zero-order valence-corrected chi connectivity index (χ0v) is 16.8. The Labute approximate surface area is 162 Å². The second-order valence-electron chi connectivity index (χ2n) is 8.83. The summed E-state index contributed by atoms with van der Waals surface area (Å²) in [5.41, 5.74) is -1.03. The van der Waals surface area contributed by atoms with Crippen LogP contribution in [-0.2, 0) is 28.0 Å². The number of ether oxygens (including phenoxy) is 1. The molecule has 0 aliphatic carbocycles. The SMILES string of the molecule is Cn1nc(C(F)(F)F)cc1S(=O)(=O)N1CC2(CN(CC3(C)CCOCC3)C2)C1. The first-order valence-corrected chi connectivity index (χ1v) is 10.8. The normalized spacial score (nSPS) is 25.5. The molecule has 7 nitrogen and oxygen atoms in total. The van der Waals surface area contributed by atoms with E-state index in [4.69, 9.17) is 4.74 Å². The van der Waals surface area contributed by atoms with Crippen molar-refractivity contribution in [1.82, 2.24) is 19.0 Å². The van der Waals surface area contributed by atoms with Gasteiger partial charge in [-0.3, -0.25) is 4.68 Å². The molecule has 0 radical (unpaired) electrons. The highest BCUT2D eigenvalue weighted by atomic mass is 32.2. The summed E-state index contributed by atoms with van der Waals surface area (Å²) in [6.45, 7) is 7.15. The number of likely N-dealkylation sites (tertiary alicyclic amines) is 1. The van der Waals surface area contributed by atoms with Crippen molar-refractivity contribution in [1.29, 1.82) is 0 Å². The summed E-state index contributed by atoms with van der Waals surface area (Å²) in [5, 5.41) is 2.90. The Hall–Kier alpha value is -1.17. The maximum atomic E-state index is 12.8. The van der Waals surface area contributed by atoms with Gasteiger partial charge in [-0.05, 0) is 18.3 Å². The summed E-state index contributed by atoms with van der Waals surface area (Å²) >= 11 is 0. The fraction of sp³-hybridized carbons (Fsp3) is 0.824. The molecule has 3 saturated heterocycles. The van der Waals surface area contributed by atoms with Crippen LogP contribution in [-0.4, -0.2) is 73.3 Å². The second-order valence-corrected chi connectivity index (χ2v) is 10.7. The van der Waals surface area contributed by atoms with Gasteiger partial charge < -0.3 is 9.64 Å². The molecule has 3 fully saturated rings. The average Bonchev–Trinajstić information content (AvgIpc) is 2.91. The van der Waals surface area contributed by atoms with Gasteiger partial charge in [0.2, 0.25) is 0 Å². The molecule has 4 rings (SSSR count). The molecule has 0 unspecified atom stereocenters. The molecule has 3 aliphatic heterocycles. The molecule has 0 amide bonds. The van der Waals surface area contributed by atoms with Crippen molar-refractivity contribution in [2.24, 2.45) is 17.9 Å². The van der Waals surface area contributed by atoms with Crippen molar-refractivity contribution in [3.8, 4) is 0 Å². The van der Waals surface area contributed by atoms with Crippen molar-refractivity contribution in [3.63, 3.8) is 0 Å². The van der Waals surface area contributed by atoms with Crippen LogP contribution in [0.4, 0.5) is 13.2 Å². The minimum absolute atomic E-state index is 0.0694. The van der Waals surface area contributed by atoms with E-state index < -0.39 is 26.9 Å². The maximum Gasteiger partial charge on any atom is 0.435 e. The number of nitrogens with zero attached hydrogens (tertiary/aromatic N) is 4. The Morgan fingerprint density at radius 3 is 2.32 bits per heavy atom. The van der Waals surface area contributed by atoms with E-state index in [9.17, 15) is 21.6 Å². The molecular formula is C17H25F3N4O3S. The lowest BCUT2D eigenvalue weighted by Gasteiger charge is -2.60. The van der Waals surface area contributed by atoms with Crippen molar-refractivity contribution >= 4 is 10.0 Å². The lowest BCUT2D eigenvalue weighted by Crippen LogP contribution is -2.73. The van der Waals surface area contributed by atoms with Crippen LogP contribution in [0.25, 0.3) is 0 Å². The molecule has 0 aromatic carbocycles. The van der Waals surface area contributed by atoms with Gasteiger partial charge in [0.05, 0.1) is 0 Å². The molecule has 0 saturated carbocycles. The van der Waals surface area contributed by atoms with Gasteiger partial charge in [-0.2, -0.15) is 22.6 Å². The van der Waals surface area contributed by atoms with Crippen LogP contribution < -0.4 is 0 Å². The maximum absolute atomic E-state index is 12.8. The fourth-order valence-corrected chi connectivity index (χ4v) is 6.40. The topological polar surface area (TPSA) is 67.7 Å². The largest absolute Gasteiger partial charge is 0.435 e. The van der Waals surface area contributed by atoms with Gasteiger partial charge in [-0.25, -0.2) is 8.42 Å². The molecule has 158 valence electrons. The molecule has 4 heterocycles. The van der Waals surface area contributed by atoms with Crippen LogP contribution in [0.2, 0.25) is 0 Å². The highest BCUT2D eigenvalue weighted by Gasteiger charge is 2.56. The molecule has 1 aromatic rings. The van der Waals surface area contributed by atoms with E-state index in [0.717, 1.165) is 50.4 Å². The number of sulfonamides is 1. The molecule has 0 atom stereocenters. The molecule has 0 N–H and O–H groups in total. The summed E-state index contributed by atoms with van der Waals surface area (Å²) in [5.74, 6) is 0. The Morgan fingerprint density at radius 1 is 1.18 bits per heavy atom. The summed E-state index contributed by atoms with van der Waals surface area (Å²) in [4.78, 5) is 2.35. The highest BCUT2D eigenvalue weighted by molar-refractivity contribution is 7.89. The van der Waals surface area contributed by atoms with Gasteiger partial charge in [0.1, 0.15) is 0 Å². The number of alkyl halides is 3. The first-order valence-electron chi connectivity index (χ1n) is 9.34. The van der Waals surface area contributed by atoms with Gasteiger partial charge in [-0.1, -0.05) is 6.92 Å². The third-order valence-corrected chi connectivity index (χ3v) is 8.03. The first kappa shape index (κ1) is 20.1. The molecule has 28 heavy (non-hydrogen) atoms. The Morgan fingerprint density at radius 2 is 1.79 bits per heavy atom. The number of halogens is 3. The van der Waals surface area contributed by atoms with Crippen LogP contribution in [0, 0.1) is 10.8 Å². The number of hydrogen-bond donors (Lipinski definition) is 0. The van der Waals surface area contributed by atoms with E-state index >= 15 is 0 Å². The summed E-state index contributed by atoms with van der Waals surface area (Å²) in [7, 11) is -2.76.